The molecule has 2 aromatic rings. The smallest absolute Gasteiger partial charge is 0.168 e. The number of nitrogens with two attached hydrogens (primary N) is 1. The van der Waals surface area contributed by atoms with E-state index < -0.39 is 0 Å². The van der Waals surface area contributed by atoms with Gasteiger partial charge in [0.25, 0.3) is 0 Å². The lowest BCUT2D eigenvalue weighted by atomic mass is 10.2. The van der Waals surface area contributed by atoms with E-state index in [9.17, 15) is 0 Å². The minimum atomic E-state index is 0.252. The fourth-order valence-electron chi connectivity index (χ4n) is 1.28. The van der Waals surface area contributed by atoms with Gasteiger partial charge in [0.1, 0.15) is 0 Å². The zero-order valence-electron chi connectivity index (χ0n) is 7.40. The van der Waals surface area contributed by atoms with Crippen molar-refractivity contribution in [2.45, 2.75) is 0 Å². The predicted octanol–water partition coefficient (Wildman–Crippen LogP) is 1.89. The van der Waals surface area contributed by atoms with Crippen molar-refractivity contribution in [1.29, 1.82) is 0 Å². The van der Waals surface area contributed by atoms with Gasteiger partial charge < -0.3 is 11.1 Å². The summed E-state index contributed by atoms with van der Waals surface area (Å²) in [5, 5.41) is 4.16. The van der Waals surface area contributed by atoms with E-state index in [1.165, 1.54) is 0 Å². The van der Waals surface area contributed by atoms with Gasteiger partial charge in [0.2, 0.25) is 0 Å². The Kier molecular flexibility index (Phi) is 2.28. The van der Waals surface area contributed by atoms with Gasteiger partial charge in [-0.2, -0.15) is 0 Å². The van der Waals surface area contributed by atoms with Crippen molar-refractivity contribution in [2.24, 2.45) is 5.73 Å². The largest absolute Gasteiger partial charge is 0.376 e. The van der Waals surface area contributed by atoms with Gasteiger partial charge in [0.05, 0.1) is 17.4 Å². The molecule has 0 aliphatic carbocycles. The summed E-state index contributed by atoms with van der Waals surface area (Å²) in [5.41, 5.74) is 7.14. The fourth-order valence-corrected chi connectivity index (χ4v) is 1.40. The number of para-hydroxylation sites is 1. The molecule has 0 fully saturated rings. The topological polar surface area (TPSA) is 50.9 Å². The van der Waals surface area contributed by atoms with Crippen LogP contribution < -0.4 is 11.1 Å². The Hall–Kier alpha value is -1.68. The number of fused-ring (bicyclic) bond motifs is 1. The molecule has 14 heavy (non-hydrogen) atoms. The minimum absolute atomic E-state index is 0.252. The summed E-state index contributed by atoms with van der Waals surface area (Å²) in [6.07, 6.45) is 1.71. The Balaban J connectivity index is 2.46. The van der Waals surface area contributed by atoms with Gasteiger partial charge in [-0.3, -0.25) is 4.98 Å². The van der Waals surface area contributed by atoms with Crippen molar-refractivity contribution < 1.29 is 0 Å². The number of hydrogen-bond donors (Lipinski definition) is 2. The highest BCUT2D eigenvalue weighted by Gasteiger charge is 1.96. The van der Waals surface area contributed by atoms with E-state index in [-0.39, 0.29) is 5.11 Å². The second-order valence-corrected chi connectivity index (χ2v) is 3.35. The first kappa shape index (κ1) is 8.90. The van der Waals surface area contributed by atoms with Crippen molar-refractivity contribution in [3.63, 3.8) is 0 Å². The molecule has 0 unspecified atom stereocenters. The Morgan fingerprint density at radius 2 is 2.14 bits per heavy atom. The molecule has 4 heteroatoms. The maximum atomic E-state index is 5.36. The Morgan fingerprint density at radius 3 is 2.93 bits per heavy atom. The first-order chi connectivity index (χ1) is 6.75. The third-order valence-electron chi connectivity index (χ3n) is 1.86. The van der Waals surface area contributed by atoms with Crippen molar-refractivity contribution in [1.82, 2.24) is 4.98 Å². The second-order valence-electron chi connectivity index (χ2n) is 2.91. The monoisotopic (exact) mass is 203 g/mol. The van der Waals surface area contributed by atoms with Crippen LogP contribution in [0.3, 0.4) is 0 Å². The highest BCUT2D eigenvalue weighted by atomic mass is 32.1. The molecule has 0 spiro atoms. The van der Waals surface area contributed by atoms with Gasteiger partial charge >= 0.3 is 0 Å². The standard InChI is InChI=1S/C10H9N3S/c11-10(14)13-8-5-7-3-1-2-4-9(7)12-6-8/h1-6H,(H3,11,13,14). The molecule has 0 aliphatic rings. The molecule has 0 saturated heterocycles. The SMILES string of the molecule is NC(=S)Nc1cnc2ccccc2c1. The van der Waals surface area contributed by atoms with Gasteiger partial charge in [0, 0.05) is 5.39 Å². The van der Waals surface area contributed by atoms with E-state index in [1.54, 1.807) is 6.20 Å². The fraction of sp³-hybridized carbons (Fsp3) is 0. The van der Waals surface area contributed by atoms with Crippen LogP contribution in [0.25, 0.3) is 10.9 Å². The first-order valence-electron chi connectivity index (χ1n) is 4.17. The van der Waals surface area contributed by atoms with E-state index in [0.29, 0.717) is 0 Å². The van der Waals surface area contributed by atoms with Gasteiger partial charge in [-0.05, 0) is 24.4 Å². The molecule has 0 radical (unpaired) electrons. The summed E-state index contributed by atoms with van der Waals surface area (Å²) >= 11 is 4.74. The van der Waals surface area contributed by atoms with Crippen molar-refractivity contribution in [3.05, 3.63) is 36.5 Å². The van der Waals surface area contributed by atoms with Crippen LogP contribution in [0.2, 0.25) is 0 Å². The molecule has 1 aromatic heterocycles. The molecule has 70 valence electrons. The number of benzene rings is 1. The molecule has 1 heterocycles. The van der Waals surface area contributed by atoms with Crippen LogP contribution in [0.15, 0.2) is 36.5 Å². The highest BCUT2D eigenvalue weighted by molar-refractivity contribution is 7.80. The van der Waals surface area contributed by atoms with E-state index in [0.717, 1.165) is 16.6 Å². The zero-order valence-corrected chi connectivity index (χ0v) is 8.21. The van der Waals surface area contributed by atoms with E-state index in [2.05, 4.69) is 10.3 Å². The lowest BCUT2D eigenvalue weighted by Gasteiger charge is -2.03. The molecule has 3 nitrogen and oxygen atoms in total. The third-order valence-corrected chi connectivity index (χ3v) is 1.96. The van der Waals surface area contributed by atoms with E-state index in [4.69, 9.17) is 18.0 Å². The quantitative estimate of drug-likeness (QED) is 0.695. The number of anilines is 1. The van der Waals surface area contributed by atoms with E-state index >= 15 is 0 Å². The summed E-state index contributed by atoms with van der Waals surface area (Å²) in [4.78, 5) is 4.26. The van der Waals surface area contributed by atoms with Crippen LogP contribution in [0.1, 0.15) is 0 Å². The summed E-state index contributed by atoms with van der Waals surface area (Å²) in [6.45, 7) is 0. The zero-order chi connectivity index (χ0) is 9.97. The van der Waals surface area contributed by atoms with Gasteiger partial charge in [-0.25, -0.2) is 0 Å². The van der Waals surface area contributed by atoms with Crippen LogP contribution in [-0.2, 0) is 0 Å². The lowest BCUT2D eigenvalue weighted by Crippen LogP contribution is -2.18. The molecule has 0 saturated carbocycles. The predicted molar refractivity (Wildman–Crippen MR) is 62.2 cm³/mol. The molecular weight excluding hydrogens is 194 g/mol. The Labute approximate surface area is 86.9 Å². The normalized spacial score (nSPS) is 10.0. The number of aromatic nitrogens is 1. The van der Waals surface area contributed by atoms with Crippen molar-refractivity contribution in [2.75, 3.05) is 5.32 Å². The van der Waals surface area contributed by atoms with Gasteiger partial charge in [-0.15, -0.1) is 0 Å². The molecule has 0 atom stereocenters. The number of nitrogens with one attached hydrogen (secondary N) is 1. The Morgan fingerprint density at radius 1 is 1.36 bits per heavy atom. The van der Waals surface area contributed by atoms with Crippen LogP contribution in [0, 0.1) is 0 Å². The van der Waals surface area contributed by atoms with Crippen molar-refractivity contribution >= 4 is 33.9 Å². The number of thiocarbonyl (C=S) groups is 1. The third kappa shape index (κ3) is 1.80. The average molecular weight is 203 g/mol. The minimum Gasteiger partial charge on any atom is -0.376 e. The van der Waals surface area contributed by atoms with Crippen molar-refractivity contribution in [3.8, 4) is 0 Å². The van der Waals surface area contributed by atoms with Gasteiger partial charge in [0.15, 0.2) is 5.11 Å². The van der Waals surface area contributed by atoms with Gasteiger partial charge in [-0.1, -0.05) is 18.2 Å². The van der Waals surface area contributed by atoms with E-state index in [1.807, 2.05) is 30.3 Å². The number of hydrogen-bond acceptors (Lipinski definition) is 2. The first-order valence-corrected chi connectivity index (χ1v) is 4.58. The molecule has 3 N–H and O–H groups in total. The summed E-state index contributed by atoms with van der Waals surface area (Å²) in [6, 6.07) is 9.83. The molecule has 1 aromatic carbocycles. The maximum Gasteiger partial charge on any atom is 0.168 e. The van der Waals surface area contributed by atoms with Crippen LogP contribution in [0.5, 0.6) is 0 Å². The highest BCUT2D eigenvalue weighted by Crippen LogP contribution is 2.15. The lowest BCUT2D eigenvalue weighted by molar-refractivity contribution is 1.40. The molecular formula is C10H9N3S. The second kappa shape index (κ2) is 3.59. The number of nitrogens with zero attached hydrogens (tertiary/aromatic N) is 1. The average Bonchev–Trinajstić information content (AvgIpc) is 2.17. The summed E-state index contributed by atoms with van der Waals surface area (Å²) in [7, 11) is 0. The molecule has 2 rings (SSSR count). The number of pyridine rings is 1. The maximum absolute atomic E-state index is 5.36. The summed E-state index contributed by atoms with van der Waals surface area (Å²) < 4.78 is 0. The molecule has 0 bridgehead atoms. The Bertz CT molecular complexity index is 482. The van der Waals surface area contributed by atoms with Crippen LogP contribution in [0.4, 0.5) is 5.69 Å². The van der Waals surface area contributed by atoms with Crippen LogP contribution >= 0.6 is 12.2 Å². The molecule has 0 aliphatic heterocycles. The molecule has 0 amide bonds. The van der Waals surface area contributed by atoms with Crippen LogP contribution in [-0.4, -0.2) is 10.1 Å². The number of rotatable bonds is 1. The summed E-state index contributed by atoms with van der Waals surface area (Å²) in [5.74, 6) is 0.